The highest BCUT2D eigenvalue weighted by molar-refractivity contribution is 5.99. The van der Waals surface area contributed by atoms with E-state index in [1.54, 1.807) is 12.0 Å². The Labute approximate surface area is 207 Å². The van der Waals surface area contributed by atoms with Gasteiger partial charge in [-0.05, 0) is 61.3 Å². The molecule has 2 aliphatic rings. The molecule has 182 valence electrons. The van der Waals surface area contributed by atoms with Crippen LogP contribution in [0.15, 0.2) is 72.8 Å². The van der Waals surface area contributed by atoms with E-state index in [1.165, 1.54) is 12.8 Å². The predicted molar refractivity (Wildman–Crippen MR) is 137 cm³/mol. The standard InChI is InChI=1S/C29H32N2O4/c1-33-28-21-24(11-14-26(28)34-20-19-30-16-5-6-17-30)31-18-15-27(29(31)32)35-25-12-9-23(10-13-25)22-7-3-2-4-8-22/h2-4,7-14,21,27H,5-6,15-20H2,1H3. The quantitative estimate of drug-likeness (QED) is 0.438. The number of rotatable bonds is 9. The molecular formula is C29H32N2O4. The monoisotopic (exact) mass is 472 g/mol. The largest absolute Gasteiger partial charge is 0.493 e. The van der Waals surface area contributed by atoms with E-state index >= 15 is 0 Å². The van der Waals surface area contributed by atoms with Crippen molar-refractivity contribution in [3.05, 3.63) is 72.8 Å². The van der Waals surface area contributed by atoms with E-state index in [4.69, 9.17) is 14.2 Å². The van der Waals surface area contributed by atoms with E-state index in [9.17, 15) is 4.79 Å². The minimum atomic E-state index is -0.500. The summed E-state index contributed by atoms with van der Waals surface area (Å²) in [5.41, 5.74) is 3.07. The van der Waals surface area contributed by atoms with E-state index in [0.717, 1.165) is 36.4 Å². The Hall–Kier alpha value is -3.51. The summed E-state index contributed by atoms with van der Waals surface area (Å²) in [4.78, 5) is 17.3. The number of ether oxygens (including phenoxy) is 3. The van der Waals surface area contributed by atoms with Crippen LogP contribution in [0.5, 0.6) is 17.2 Å². The molecule has 0 N–H and O–H groups in total. The van der Waals surface area contributed by atoms with Gasteiger partial charge in [0.15, 0.2) is 17.6 Å². The van der Waals surface area contributed by atoms with Crippen LogP contribution in [0.4, 0.5) is 5.69 Å². The molecule has 0 spiro atoms. The third-order valence-corrected chi connectivity index (χ3v) is 6.72. The second-order valence-corrected chi connectivity index (χ2v) is 9.01. The molecule has 5 rings (SSSR count). The van der Waals surface area contributed by atoms with Crippen LogP contribution in [0.3, 0.4) is 0 Å². The molecule has 0 aromatic heterocycles. The topological polar surface area (TPSA) is 51.2 Å². The minimum Gasteiger partial charge on any atom is -0.493 e. The second-order valence-electron chi connectivity index (χ2n) is 9.01. The molecule has 0 radical (unpaired) electrons. The molecule has 0 saturated carbocycles. The molecule has 3 aromatic rings. The molecule has 6 heteroatoms. The van der Waals surface area contributed by atoms with E-state index in [-0.39, 0.29) is 5.91 Å². The predicted octanol–water partition coefficient (Wildman–Crippen LogP) is 5.02. The molecule has 2 aliphatic heterocycles. The van der Waals surface area contributed by atoms with Crippen molar-refractivity contribution in [2.24, 2.45) is 0 Å². The number of hydrogen-bond acceptors (Lipinski definition) is 5. The maximum absolute atomic E-state index is 13.1. The van der Waals surface area contributed by atoms with Gasteiger partial charge in [0.05, 0.1) is 7.11 Å². The number of benzene rings is 3. The average Bonchev–Trinajstić information content (AvgIpc) is 3.55. The molecule has 1 atom stereocenters. The van der Waals surface area contributed by atoms with Crippen molar-refractivity contribution < 1.29 is 19.0 Å². The number of methoxy groups -OCH3 is 1. The number of hydrogen-bond donors (Lipinski definition) is 0. The Kier molecular flexibility index (Phi) is 7.19. The van der Waals surface area contributed by atoms with Crippen LogP contribution >= 0.6 is 0 Å². The molecule has 2 fully saturated rings. The Morgan fingerprint density at radius 1 is 0.857 bits per heavy atom. The summed E-state index contributed by atoms with van der Waals surface area (Å²) in [6, 6.07) is 23.8. The SMILES string of the molecule is COc1cc(N2CCC(Oc3ccc(-c4ccccc4)cc3)C2=O)ccc1OCCN1CCCC1. The van der Waals surface area contributed by atoms with Gasteiger partial charge in [-0.25, -0.2) is 0 Å². The van der Waals surface area contributed by atoms with Crippen LogP contribution in [0.2, 0.25) is 0 Å². The Bertz CT molecular complexity index is 1130. The summed E-state index contributed by atoms with van der Waals surface area (Å²) in [7, 11) is 1.63. The smallest absolute Gasteiger partial charge is 0.268 e. The Morgan fingerprint density at radius 3 is 2.34 bits per heavy atom. The number of anilines is 1. The zero-order chi connectivity index (χ0) is 24.0. The minimum absolute atomic E-state index is 0.0399. The van der Waals surface area contributed by atoms with Gasteiger partial charge >= 0.3 is 0 Å². The molecule has 6 nitrogen and oxygen atoms in total. The van der Waals surface area contributed by atoms with E-state index in [1.807, 2.05) is 60.7 Å². The second kappa shape index (κ2) is 10.8. The van der Waals surface area contributed by atoms with Crippen LogP contribution in [0.25, 0.3) is 11.1 Å². The lowest BCUT2D eigenvalue weighted by molar-refractivity contribution is -0.122. The summed E-state index contributed by atoms with van der Waals surface area (Å²) in [6.45, 7) is 4.44. The molecule has 1 unspecified atom stereocenters. The lowest BCUT2D eigenvalue weighted by Gasteiger charge is -2.20. The van der Waals surface area contributed by atoms with Crippen molar-refractivity contribution in [2.45, 2.75) is 25.4 Å². The molecule has 2 saturated heterocycles. The van der Waals surface area contributed by atoms with Crippen LogP contribution < -0.4 is 19.1 Å². The van der Waals surface area contributed by atoms with Gasteiger partial charge in [-0.15, -0.1) is 0 Å². The number of nitrogens with zero attached hydrogens (tertiary/aromatic N) is 2. The van der Waals surface area contributed by atoms with Crippen LogP contribution in [-0.2, 0) is 4.79 Å². The Morgan fingerprint density at radius 2 is 1.60 bits per heavy atom. The van der Waals surface area contributed by atoms with Gasteiger partial charge in [-0.3, -0.25) is 9.69 Å². The van der Waals surface area contributed by atoms with Crippen LogP contribution in [0, 0.1) is 0 Å². The van der Waals surface area contributed by atoms with Crippen molar-refractivity contribution in [3.8, 4) is 28.4 Å². The summed E-state index contributed by atoms with van der Waals surface area (Å²) in [5, 5.41) is 0. The molecule has 0 bridgehead atoms. The van der Waals surface area contributed by atoms with E-state index in [0.29, 0.717) is 36.8 Å². The first-order valence-electron chi connectivity index (χ1n) is 12.4. The van der Waals surface area contributed by atoms with Gasteiger partial charge in [0.25, 0.3) is 5.91 Å². The summed E-state index contributed by atoms with van der Waals surface area (Å²) < 4.78 is 17.6. The van der Waals surface area contributed by atoms with Crippen molar-refractivity contribution >= 4 is 11.6 Å². The van der Waals surface area contributed by atoms with Crippen molar-refractivity contribution in [1.29, 1.82) is 0 Å². The third-order valence-electron chi connectivity index (χ3n) is 6.72. The van der Waals surface area contributed by atoms with Crippen molar-refractivity contribution in [3.63, 3.8) is 0 Å². The first-order chi connectivity index (χ1) is 17.2. The highest BCUT2D eigenvalue weighted by atomic mass is 16.5. The molecule has 3 aromatic carbocycles. The fourth-order valence-electron chi connectivity index (χ4n) is 4.77. The van der Waals surface area contributed by atoms with Gasteiger partial charge < -0.3 is 19.1 Å². The highest BCUT2D eigenvalue weighted by Gasteiger charge is 2.34. The molecule has 0 aliphatic carbocycles. The van der Waals surface area contributed by atoms with Gasteiger partial charge in [-0.1, -0.05) is 42.5 Å². The molecule has 2 heterocycles. The zero-order valence-corrected chi connectivity index (χ0v) is 20.2. The van der Waals surface area contributed by atoms with Gasteiger partial charge in [0.1, 0.15) is 12.4 Å². The van der Waals surface area contributed by atoms with Gasteiger partial charge in [0, 0.05) is 31.3 Å². The van der Waals surface area contributed by atoms with Crippen LogP contribution in [0.1, 0.15) is 19.3 Å². The number of carbonyl (C=O) groups is 1. The third kappa shape index (κ3) is 5.43. The lowest BCUT2D eigenvalue weighted by Crippen LogP contribution is -2.32. The molecule has 35 heavy (non-hydrogen) atoms. The zero-order valence-electron chi connectivity index (χ0n) is 20.2. The fourth-order valence-corrected chi connectivity index (χ4v) is 4.77. The highest BCUT2D eigenvalue weighted by Crippen LogP contribution is 2.34. The van der Waals surface area contributed by atoms with Gasteiger partial charge in [0.2, 0.25) is 0 Å². The average molecular weight is 473 g/mol. The molecular weight excluding hydrogens is 440 g/mol. The maximum Gasteiger partial charge on any atom is 0.268 e. The number of amides is 1. The molecule has 1 amide bonds. The maximum atomic E-state index is 13.1. The van der Waals surface area contributed by atoms with E-state index in [2.05, 4.69) is 17.0 Å². The Balaban J connectivity index is 1.20. The van der Waals surface area contributed by atoms with Crippen LogP contribution in [-0.4, -0.2) is 56.8 Å². The first kappa shape index (κ1) is 23.2. The summed E-state index contributed by atoms with van der Waals surface area (Å²) >= 11 is 0. The lowest BCUT2D eigenvalue weighted by atomic mass is 10.1. The normalized spacial score (nSPS) is 18.1. The van der Waals surface area contributed by atoms with Crippen molar-refractivity contribution in [1.82, 2.24) is 4.90 Å². The summed E-state index contributed by atoms with van der Waals surface area (Å²) in [5.74, 6) is 2.00. The van der Waals surface area contributed by atoms with E-state index < -0.39 is 6.10 Å². The summed E-state index contributed by atoms with van der Waals surface area (Å²) in [6.07, 6.45) is 2.67. The number of likely N-dealkylation sites (tertiary alicyclic amines) is 1. The number of carbonyl (C=O) groups excluding carboxylic acids is 1. The van der Waals surface area contributed by atoms with Crippen molar-refractivity contribution in [2.75, 3.05) is 44.8 Å². The fraction of sp³-hybridized carbons (Fsp3) is 0.345. The van der Waals surface area contributed by atoms with Gasteiger partial charge in [-0.2, -0.15) is 0 Å². The first-order valence-corrected chi connectivity index (χ1v) is 12.4.